The zero-order valence-electron chi connectivity index (χ0n) is 12.8. The lowest BCUT2D eigenvalue weighted by Gasteiger charge is -2.27. The van der Waals surface area contributed by atoms with Gasteiger partial charge in [0.05, 0.1) is 12.0 Å². The highest BCUT2D eigenvalue weighted by Gasteiger charge is 2.43. The van der Waals surface area contributed by atoms with Gasteiger partial charge < -0.3 is 4.74 Å². The Morgan fingerprint density at radius 2 is 1.50 bits per heavy atom. The zero-order valence-corrected chi connectivity index (χ0v) is 12.8. The van der Waals surface area contributed by atoms with Gasteiger partial charge in [-0.25, -0.2) is 0 Å². The molecular weight excluding hydrogens is 272 g/mol. The van der Waals surface area contributed by atoms with Gasteiger partial charge in [-0.3, -0.25) is 4.79 Å². The molecule has 0 radical (unpaired) electrons. The molecule has 0 aliphatic heterocycles. The van der Waals surface area contributed by atoms with Crippen LogP contribution in [0.3, 0.4) is 0 Å². The second-order valence-electron chi connectivity index (χ2n) is 6.03. The van der Waals surface area contributed by atoms with Gasteiger partial charge in [0.25, 0.3) is 0 Å². The molecule has 3 rings (SSSR count). The van der Waals surface area contributed by atoms with E-state index in [0.717, 1.165) is 37.7 Å². The fraction of sp³-hybridized carbons (Fsp3) is 0.350. The maximum atomic E-state index is 12.7. The van der Waals surface area contributed by atoms with E-state index in [1.165, 1.54) is 5.56 Å². The molecule has 1 saturated carbocycles. The first-order chi connectivity index (χ1) is 10.8. The number of esters is 1. The van der Waals surface area contributed by atoms with Crippen molar-refractivity contribution in [2.75, 3.05) is 6.61 Å². The summed E-state index contributed by atoms with van der Waals surface area (Å²) in [6.45, 7) is 0.456. The summed E-state index contributed by atoms with van der Waals surface area (Å²) in [5.41, 5.74) is 1.89. The maximum Gasteiger partial charge on any atom is 0.316 e. The van der Waals surface area contributed by atoms with E-state index in [-0.39, 0.29) is 5.97 Å². The maximum absolute atomic E-state index is 12.7. The Labute approximate surface area is 132 Å². The summed E-state index contributed by atoms with van der Waals surface area (Å²) in [6, 6.07) is 20.3. The zero-order chi connectivity index (χ0) is 15.3. The van der Waals surface area contributed by atoms with Crippen LogP contribution in [0.5, 0.6) is 0 Å². The minimum Gasteiger partial charge on any atom is -0.465 e. The molecule has 0 N–H and O–H groups in total. The largest absolute Gasteiger partial charge is 0.465 e. The first-order valence-corrected chi connectivity index (χ1v) is 8.08. The minimum absolute atomic E-state index is 0.0490. The number of hydrogen-bond donors (Lipinski definition) is 0. The summed E-state index contributed by atoms with van der Waals surface area (Å²) < 4.78 is 5.65. The van der Waals surface area contributed by atoms with Crippen molar-refractivity contribution in [3.63, 3.8) is 0 Å². The van der Waals surface area contributed by atoms with Crippen LogP contribution in [0.4, 0.5) is 0 Å². The van der Waals surface area contributed by atoms with Gasteiger partial charge in [-0.15, -0.1) is 0 Å². The molecule has 0 aromatic heterocycles. The third-order valence-corrected chi connectivity index (χ3v) is 4.64. The molecule has 0 heterocycles. The molecule has 1 aliphatic carbocycles. The number of carbonyl (C=O) groups is 1. The molecule has 0 amide bonds. The van der Waals surface area contributed by atoms with Gasteiger partial charge in [-0.05, 0) is 24.0 Å². The van der Waals surface area contributed by atoms with Crippen LogP contribution in [0.25, 0.3) is 0 Å². The van der Waals surface area contributed by atoms with E-state index in [2.05, 4.69) is 24.3 Å². The van der Waals surface area contributed by atoms with Gasteiger partial charge in [0, 0.05) is 6.42 Å². The van der Waals surface area contributed by atoms with E-state index in [0.29, 0.717) is 6.61 Å². The molecule has 2 aromatic rings. The molecule has 2 heteroatoms. The van der Waals surface area contributed by atoms with Crippen LogP contribution in [0.15, 0.2) is 60.7 Å². The van der Waals surface area contributed by atoms with Gasteiger partial charge in [0.15, 0.2) is 0 Å². The fourth-order valence-electron chi connectivity index (χ4n) is 3.39. The van der Waals surface area contributed by atoms with Crippen molar-refractivity contribution in [1.29, 1.82) is 0 Å². The van der Waals surface area contributed by atoms with Gasteiger partial charge in [-0.1, -0.05) is 73.5 Å². The number of ether oxygens (including phenoxy) is 1. The van der Waals surface area contributed by atoms with Crippen LogP contribution in [0.1, 0.15) is 36.8 Å². The number of carbonyl (C=O) groups excluding carboxylic acids is 1. The molecule has 1 aliphatic rings. The lowest BCUT2D eigenvalue weighted by Crippen LogP contribution is -2.35. The summed E-state index contributed by atoms with van der Waals surface area (Å²) in [4.78, 5) is 12.7. The predicted octanol–water partition coefficient (Wildman–Crippen LogP) is 4.28. The van der Waals surface area contributed by atoms with Crippen molar-refractivity contribution < 1.29 is 9.53 Å². The third-order valence-electron chi connectivity index (χ3n) is 4.64. The smallest absolute Gasteiger partial charge is 0.316 e. The van der Waals surface area contributed by atoms with Crippen molar-refractivity contribution in [3.8, 4) is 0 Å². The van der Waals surface area contributed by atoms with E-state index in [4.69, 9.17) is 4.74 Å². The molecule has 1 fully saturated rings. The third kappa shape index (κ3) is 3.06. The van der Waals surface area contributed by atoms with Crippen molar-refractivity contribution in [3.05, 3.63) is 71.8 Å². The SMILES string of the molecule is O=C(OCCc1ccccc1)C1(c2ccccc2)CCCC1. The summed E-state index contributed by atoms with van der Waals surface area (Å²) in [5, 5.41) is 0. The molecule has 0 atom stereocenters. The molecule has 0 spiro atoms. The standard InChI is InChI=1S/C20H22O2/c21-19(22-16-13-17-9-3-1-4-10-17)20(14-7-8-15-20)18-11-5-2-6-12-18/h1-6,9-12H,7-8,13-16H2. The van der Waals surface area contributed by atoms with Crippen LogP contribution >= 0.6 is 0 Å². The topological polar surface area (TPSA) is 26.3 Å². The van der Waals surface area contributed by atoms with Gasteiger partial charge in [0.2, 0.25) is 0 Å². The van der Waals surface area contributed by atoms with E-state index in [1.54, 1.807) is 0 Å². The molecule has 22 heavy (non-hydrogen) atoms. The summed E-state index contributed by atoms with van der Waals surface area (Å²) >= 11 is 0. The van der Waals surface area contributed by atoms with Gasteiger partial charge in [-0.2, -0.15) is 0 Å². The highest BCUT2D eigenvalue weighted by atomic mass is 16.5. The Kier molecular flexibility index (Phi) is 4.57. The predicted molar refractivity (Wildman–Crippen MR) is 87.7 cm³/mol. The summed E-state index contributed by atoms with van der Waals surface area (Å²) in [6.07, 6.45) is 4.78. The van der Waals surface area contributed by atoms with Crippen LogP contribution < -0.4 is 0 Å². The molecule has 0 bridgehead atoms. The molecule has 2 aromatic carbocycles. The normalized spacial score (nSPS) is 16.4. The quantitative estimate of drug-likeness (QED) is 0.769. The second kappa shape index (κ2) is 6.78. The van der Waals surface area contributed by atoms with Gasteiger partial charge >= 0.3 is 5.97 Å². The van der Waals surface area contributed by atoms with Crippen molar-refractivity contribution in [2.24, 2.45) is 0 Å². The number of hydrogen-bond acceptors (Lipinski definition) is 2. The first-order valence-electron chi connectivity index (χ1n) is 8.08. The second-order valence-corrected chi connectivity index (χ2v) is 6.03. The Balaban J connectivity index is 1.66. The molecule has 0 unspecified atom stereocenters. The highest BCUT2D eigenvalue weighted by Crippen LogP contribution is 2.42. The van der Waals surface area contributed by atoms with E-state index < -0.39 is 5.41 Å². The average molecular weight is 294 g/mol. The summed E-state index contributed by atoms with van der Waals surface area (Å²) in [7, 11) is 0. The minimum atomic E-state index is -0.419. The molecule has 114 valence electrons. The lowest BCUT2D eigenvalue weighted by atomic mass is 9.79. The summed E-state index contributed by atoms with van der Waals surface area (Å²) in [5.74, 6) is -0.0490. The molecule has 2 nitrogen and oxygen atoms in total. The Hall–Kier alpha value is -2.09. The van der Waals surface area contributed by atoms with Crippen molar-refractivity contribution in [1.82, 2.24) is 0 Å². The first kappa shape index (κ1) is 14.8. The Morgan fingerprint density at radius 3 is 2.14 bits per heavy atom. The van der Waals surface area contributed by atoms with Crippen molar-refractivity contribution in [2.45, 2.75) is 37.5 Å². The fourth-order valence-corrected chi connectivity index (χ4v) is 3.39. The Bertz CT molecular complexity index is 598. The van der Waals surface area contributed by atoms with Crippen LogP contribution in [-0.4, -0.2) is 12.6 Å². The average Bonchev–Trinajstić information content (AvgIpc) is 3.08. The van der Waals surface area contributed by atoms with Crippen LogP contribution in [-0.2, 0) is 21.4 Å². The van der Waals surface area contributed by atoms with Crippen molar-refractivity contribution >= 4 is 5.97 Å². The van der Waals surface area contributed by atoms with E-state index >= 15 is 0 Å². The van der Waals surface area contributed by atoms with Crippen LogP contribution in [0.2, 0.25) is 0 Å². The van der Waals surface area contributed by atoms with E-state index in [1.807, 2.05) is 36.4 Å². The lowest BCUT2D eigenvalue weighted by molar-refractivity contribution is -0.150. The van der Waals surface area contributed by atoms with Crippen LogP contribution in [0, 0.1) is 0 Å². The molecular formula is C20H22O2. The highest BCUT2D eigenvalue weighted by molar-refractivity contribution is 5.83. The number of rotatable bonds is 5. The monoisotopic (exact) mass is 294 g/mol. The Morgan fingerprint density at radius 1 is 0.909 bits per heavy atom. The van der Waals surface area contributed by atoms with E-state index in [9.17, 15) is 4.79 Å². The van der Waals surface area contributed by atoms with Gasteiger partial charge in [0.1, 0.15) is 0 Å². The molecule has 0 saturated heterocycles. The number of benzene rings is 2.